The van der Waals surface area contributed by atoms with Gasteiger partial charge in [0.05, 0.1) is 17.7 Å². The summed E-state index contributed by atoms with van der Waals surface area (Å²) in [6.07, 6.45) is 2.82. The first-order valence-corrected chi connectivity index (χ1v) is 8.75. The number of benzene rings is 2. The van der Waals surface area contributed by atoms with E-state index in [1.807, 2.05) is 24.3 Å². The molecule has 8 nitrogen and oxygen atoms in total. The normalized spacial score (nSPS) is 11.0. The molecule has 27 heavy (non-hydrogen) atoms. The first kappa shape index (κ1) is 17.1. The predicted octanol–water partition coefficient (Wildman–Crippen LogP) is 3.30. The number of nitro benzene ring substituents is 1. The van der Waals surface area contributed by atoms with Crippen molar-refractivity contribution in [3.05, 3.63) is 91.6 Å². The summed E-state index contributed by atoms with van der Waals surface area (Å²) in [6, 6.07) is 13.8. The highest BCUT2D eigenvalue weighted by Gasteiger charge is 2.19. The van der Waals surface area contributed by atoms with E-state index in [0.717, 1.165) is 10.0 Å². The van der Waals surface area contributed by atoms with E-state index in [4.69, 9.17) is 0 Å². The number of hydrogen-bond donors (Lipinski definition) is 0. The number of para-hydroxylation sites is 2. The predicted molar refractivity (Wildman–Crippen MR) is 103 cm³/mol. The van der Waals surface area contributed by atoms with Crippen molar-refractivity contribution < 1.29 is 4.92 Å². The quantitative estimate of drug-likeness (QED) is 0.369. The van der Waals surface area contributed by atoms with Crippen LogP contribution in [-0.4, -0.2) is 24.3 Å². The molecule has 0 bridgehead atoms. The van der Waals surface area contributed by atoms with Crippen LogP contribution in [0.25, 0.3) is 16.7 Å². The molecule has 4 rings (SSSR count). The summed E-state index contributed by atoms with van der Waals surface area (Å²) in [6.45, 7) is 0.359. The zero-order chi connectivity index (χ0) is 19.0. The second-order valence-electron chi connectivity index (χ2n) is 5.85. The summed E-state index contributed by atoms with van der Waals surface area (Å²) in [7, 11) is 0. The Hall–Kier alpha value is -3.33. The Bertz CT molecular complexity index is 1230. The second-order valence-corrected chi connectivity index (χ2v) is 6.76. The lowest BCUT2D eigenvalue weighted by Crippen LogP contribution is -2.21. The monoisotopic (exact) mass is 425 g/mol. The fourth-order valence-electron chi connectivity index (χ4n) is 2.87. The molecule has 2 aromatic heterocycles. The van der Waals surface area contributed by atoms with E-state index >= 15 is 0 Å². The zero-order valence-corrected chi connectivity index (χ0v) is 15.4. The molecule has 0 aliphatic rings. The van der Waals surface area contributed by atoms with Gasteiger partial charge in [-0.2, -0.15) is 5.10 Å². The Morgan fingerprint density at radius 3 is 2.74 bits per heavy atom. The van der Waals surface area contributed by atoms with E-state index in [2.05, 4.69) is 26.0 Å². The molecule has 0 aliphatic heterocycles. The third-order valence-corrected chi connectivity index (χ3v) is 4.60. The average Bonchev–Trinajstić information content (AvgIpc) is 3.09. The Balaban J connectivity index is 1.81. The van der Waals surface area contributed by atoms with Gasteiger partial charge in [-0.05, 0) is 23.8 Å². The van der Waals surface area contributed by atoms with Gasteiger partial charge >= 0.3 is 0 Å². The van der Waals surface area contributed by atoms with Gasteiger partial charge < -0.3 is 0 Å². The van der Waals surface area contributed by atoms with E-state index < -0.39 is 4.92 Å². The third-order valence-electron chi connectivity index (χ3n) is 4.10. The van der Waals surface area contributed by atoms with Gasteiger partial charge in [0.25, 0.3) is 11.2 Å². The molecule has 0 unspecified atom stereocenters. The fourth-order valence-corrected chi connectivity index (χ4v) is 3.31. The van der Waals surface area contributed by atoms with Crippen LogP contribution in [-0.2, 0) is 6.54 Å². The van der Waals surface area contributed by atoms with Gasteiger partial charge in [0.2, 0.25) is 0 Å². The zero-order valence-electron chi connectivity index (χ0n) is 13.8. The first-order valence-electron chi connectivity index (χ1n) is 7.96. The minimum atomic E-state index is -0.489. The lowest BCUT2D eigenvalue weighted by molar-refractivity contribution is -0.384. The Kier molecular flexibility index (Phi) is 4.28. The Morgan fingerprint density at radius 2 is 1.96 bits per heavy atom. The van der Waals surface area contributed by atoms with Crippen LogP contribution in [0, 0.1) is 10.1 Å². The molecule has 0 saturated heterocycles. The molecule has 0 atom stereocenters. The van der Waals surface area contributed by atoms with Gasteiger partial charge in [0.15, 0.2) is 5.65 Å². The van der Waals surface area contributed by atoms with Gasteiger partial charge in [-0.1, -0.05) is 40.2 Å². The van der Waals surface area contributed by atoms with Crippen LogP contribution in [0.5, 0.6) is 0 Å². The maximum absolute atomic E-state index is 12.8. The number of fused-ring (bicyclic) bond motifs is 1. The number of rotatable bonds is 4. The smallest absolute Gasteiger partial charge is 0.294 e. The summed E-state index contributed by atoms with van der Waals surface area (Å²) >= 11 is 3.41. The molecule has 4 aromatic rings. The van der Waals surface area contributed by atoms with Crippen LogP contribution in [0.15, 0.2) is 70.3 Å². The van der Waals surface area contributed by atoms with Crippen LogP contribution in [0.3, 0.4) is 0 Å². The molecular formula is C18H12BrN5O3. The number of hydrogen-bond acceptors (Lipinski definition) is 5. The SMILES string of the molecule is O=c1c2cnn(-c3ccccc3[N+](=O)[O-])c2ncn1Cc1cccc(Br)c1. The molecule has 2 aromatic carbocycles. The molecule has 0 aliphatic carbocycles. The minimum Gasteiger partial charge on any atom is -0.294 e. The van der Waals surface area contributed by atoms with Crippen molar-refractivity contribution in [3.8, 4) is 5.69 Å². The molecule has 134 valence electrons. The van der Waals surface area contributed by atoms with Gasteiger partial charge in [0.1, 0.15) is 17.4 Å². The topological polar surface area (TPSA) is 95.8 Å². The van der Waals surface area contributed by atoms with Crippen LogP contribution >= 0.6 is 15.9 Å². The number of aromatic nitrogens is 4. The average molecular weight is 426 g/mol. The van der Waals surface area contributed by atoms with E-state index in [-0.39, 0.29) is 22.6 Å². The molecule has 2 heterocycles. The van der Waals surface area contributed by atoms with Crippen molar-refractivity contribution in [1.29, 1.82) is 0 Å². The fraction of sp³-hybridized carbons (Fsp3) is 0.0556. The van der Waals surface area contributed by atoms with Crippen molar-refractivity contribution in [3.63, 3.8) is 0 Å². The van der Waals surface area contributed by atoms with E-state index in [9.17, 15) is 14.9 Å². The lowest BCUT2D eigenvalue weighted by Gasteiger charge is -2.07. The molecule has 0 spiro atoms. The molecule has 0 amide bonds. The van der Waals surface area contributed by atoms with Crippen LogP contribution < -0.4 is 5.56 Å². The highest BCUT2D eigenvalue weighted by Crippen LogP contribution is 2.24. The van der Waals surface area contributed by atoms with E-state index in [0.29, 0.717) is 11.9 Å². The van der Waals surface area contributed by atoms with Crippen molar-refractivity contribution in [1.82, 2.24) is 19.3 Å². The summed E-state index contributed by atoms with van der Waals surface area (Å²) in [5, 5.41) is 15.7. The standard InChI is InChI=1S/C18H12BrN5O3/c19-13-5-3-4-12(8-13)10-22-11-20-17-14(18(22)25)9-21-23(17)15-6-1-2-7-16(15)24(26)27/h1-9,11H,10H2. The highest BCUT2D eigenvalue weighted by atomic mass is 79.9. The maximum Gasteiger partial charge on any atom is 0.294 e. The largest absolute Gasteiger partial charge is 0.294 e. The van der Waals surface area contributed by atoms with Crippen molar-refractivity contribution in [2.24, 2.45) is 0 Å². The molecular weight excluding hydrogens is 414 g/mol. The first-order chi connectivity index (χ1) is 13.0. The Labute approximate surface area is 161 Å². The van der Waals surface area contributed by atoms with Crippen LogP contribution in [0.2, 0.25) is 0 Å². The summed E-state index contributed by atoms with van der Waals surface area (Å²) in [5.74, 6) is 0. The number of nitrogens with zero attached hydrogens (tertiary/aromatic N) is 5. The number of nitro groups is 1. The molecule has 0 N–H and O–H groups in total. The third kappa shape index (κ3) is 3.13. The van der Waals surface area contributed by atoms with Gasteiger partial charge in [-0.25, -0.2) is 9.67 Å². The summed E-state index contributed by atoms with van der Waals surface area (Å²) < 4.78 is 3.72. The lowest BCUT2D eigenvalue weighted by atomic mass is 10.2. The van der Waals surface area contributed by atoms with E-state index in [1.165, 1.54) is 27.8 Å². The maximum atomic E-state index is 12.8. The molecule has 9 heteroatoms. The van der Waals surface area contributed by atoms with Crippen LogP contribution in [0.4, 0.5) is 5.69 Å². The molecule has 0 radical (unpaired) electrons. The van der Waals surface area contributed by atoms with Gasteiger partial charge in [-0.15, -0.1) is 0 Å². The van der Waals surface area contributed by atoms with Crippen molar-refractivity contribution in [2.75, 3.05) is 0 Å². The summed E-state index contributed by atoms with van der Waals surface area (Å²) in [4.78, 5) is 27.9. The molecule has 0 fully saturated rings. The molecule has 0 saturated carbocycles. The van der Waals surface area contributed by atoms with Gasteiger partial charge in [0, 0.05) is 10.5 Å². The van der Waals surface area contributed by atoms with Crippen molar-refractivity contribution in [2.45, 2.75) is 6.54 Å². The summed E-state index contributed by atoms with van der Waals surface area (Å²) in [5.41, 5.74) is 1.11. The number of halogens is 1. The van der Waals surface area contributed by atoms with Crippen LogP contribution in [0.1, 0.15) is 5.56 Å². The van der Waals surface area contributed by atoms with E-state index in [1.54, 1.807) is 18.2 Å². The van der Waals surface area contributed by atoms with Crippen molar-refractivity contribution >= 4 is 32.7 Å². The second kappa shape index (κ2) is 6.76. The highest BCUT2D eigenvalue weighted by molar-refractivity contribution is 9.10. The Morgan fingerprint density at radius 1 is 1.15 bits per heavy atom. The van der Waals surface area contributed by atoms with Gasteiger partial charge in [-0.3, -0.25) is 19.5 Å². The minimum absolute atomic E-state index is 0.109.